The number of amides is 1. The Balaban J connectivity index is 1.75. The van der Waals surface area contributed by atoms with E-state index in [2.05, 4.69) is 29.3 Å². The zero-order chi connectivity index (χ0) is 16.2. The Labute approximate surface area is 135 Å². The first-order valence-corrected chi connectivity index (χ1v) is 7.99. The minimum Gasteiger partial charge on any atom is -0.362 e. The number of aryl methyl sites for hydroxylation is 2. The Morgan fingerprint density at radius 2 is 2.09 bits per heavy atom. The van der Waals surface area contributed by atoms with Crippen molar-refractivity contribution >= 4 is 17.5 Å². The van der Waals surface area contributed by atoms with Crippen molar-refractivity contribution in [2.45, 2.75) is 39.5 Å². The van der Waals surface area contributed by atoms with Gasteiger partial charge in [-0.1, -0.05) is 30.3 Å². The van der Waals surface area contributed by atoms with Crippen LogP contribution in [0.15, 0.2) is 35.5 Å². The van der Waals surface area contributed by atoms with Gasteiger partial charge in [-0.3, -0.25) is 10.2 Å². The lowest BCUT2D eigenvalue weighted by molar-refractivity contribution is 0.166. The molecule has 0 saturated carbocycles. The van der Waals surface area contributed by atoms with Crippen molar-refractivity contribution in [3.63, 3.8) is 0 Å². The highest BCUT2D eigenvalue weighted by Gasteiger charge is 2.23. The molecule has 2 aromatic rings. The standard InChI is InChI=1S/C18H21N3O2/c1-3-14-12(2)19-15-10-7-11-16(17(14)15)21-23-18(22)20-13-8-5-4-6-9-13/h4-6,8-9,19H,3,7,10-11H2,1-2H3,(H,20,22)/b21-16+. The number of nitrogens with one attached hydrogen (secondary N) is 2. The lowest BCUT2D eigenvalue weighted by atomic mass is 9.92. The van der Waals surface area contributed by atoms with E-state index in [1.165, 1.54) is 17.0 Å². The zero-order valence-electron chi connectivity index (χ0n) is 13.5. The van der Waals surface area contributed by atoms with E-state index in [9.17, 15) is 4.79 Å². The van der Waals surface area contributed by atoms with Gasteiger partial charge in [0.25, 0.3) is 0 Å². The van der Waals surface area contributed by atoms with Crippen molar-refractivity contribution in [1.29, 1.82) is 0 Å². The summed E-state index contributed by atoms with van der Waals surface area (Å²) in [5.74, 6) is 0. The number of anilines is 1. The van der Waals surface area contributed by atoms with Crippen LogP contribution in [0.1, 0.15) is 42.3 Å². The summed E-state index contributed by atoms with van der Waals surface area (Å²) in [6.07, 6.45) is 3.23. The molecule has 0 radical (unpaired) electrons. The van der Waals surface area contributed by atoms with Crippen molar-refractivity contribution in [1.82, 2.24) is 4.98 Å². The molecule has 5 heteroatoms. The van der Waals surface area contributed by atoms with Crippen LogP contribution in [0.5, 0.6) is 0 Å². The van der Waals surface area contributed by atoms with E-state index in [4.69, 9.17) is 4.84 Å². The van der Waals surface area contributed by atoms with E-state index in [1.54, 1.807) is 12.1 Å². The Bertz CT molecular complexity index is 732. The van der Waals surface area contributed by atoms with Crippen LogP contribution in [0.4, 0.5) is 10.5 Å². The van der Waals surface area contributed by atoms with Gasteiger partial charge in [0.2, 0.25) is 0 Å². The Morgan fingerprint density at radius 1 is 1.30 bits per heavy atom. The Hall–Kier alpha value is -2.56. The van der Waals surface area contributed by atoms with Gasteiger partial charge in [-0.2, -0.15) is 0 Å². The van der Waals surface area contributed by atoms with Crippen LogP contribution in [-0.4, -0.2) is 16.8 Å². The third-order valence-electron chi connectivity index (χ3n) is 4.14. The second-order valence-corrected chi connectivity index (χ2v) is 5.70. The molecule has 1 heterocycles. The van der Waals surface area contributed by atoms with Crippen molar-refractivity contribution in [2.75, 3.05) is 5.32 Å². The average Bonchev–Trinajstić information content (AvgIpc) is 2.89. The van der Waals surface area contributed by atoms with Crippen LogP contribution in [0.2, 0.25) is 0 Å². The Morgan fingerprint density at radius 3 is 2.83 bits per heavy atom. The quantitative estimate of drug-likeness (QED) is 0.660. The SMILES string of the molecule is CCc1c(C)[nH]c2c1/C(=N/OC(=O)Nc1ccccc1)CCC2. The summed E-state index contributed by atoms with van der Waals surface area (Å²) in [6, 6.07) is 9.20. The summed E-state index contributed by atoms with van der Waals surface area (Å²) >= 11 is 0. The normalized spacial score (nSPS) is 15.3. The van der Waals surface area contributed by atoms with E-state index in [0.717, 1.165) is 37.0 Å². The van der Waals surface area contributed by atoms with Crippen LogP contribution in [0, 0.1) is 6.92 Å². The lowest BCUT2D eigenvalue weighted by Crippen LogP contribution is -2.16. The van der Waals surface area contributed by atoms with Crippen molar-refractivity contribution in [3.05, 3.63) is 52.8 Å². The molecule has 0 saturated heterocycles. The molecule has 0 atom stereocenters. The van der Waals surface area contributed by atoms with Gasteiger partial charge in [-0.15, -0.1) is 0 Å². The predicted octanol–water partition coefficient (Wildman–Crippen LogP) is 4.17. The summed E-state index contributed by atoms with van der Waals surface area (Å²) in [5, 5.41) is 6.79. The largest absolute Gasteiger partial charge is 0.437 e. The van der Waals surface area contributed by atoms with Gasteiger partial charge in [-0.05, 0) is 50.3 Å². The summed E-state index contributed by atoms with van der Waals surface area (Å²) in [6.45, 7) is 4.21. The number of aromatic nitrogens is 1. The number of H-pyrrole nitrogens is 1. The highest BCUT2D eigenvalue weighted by atomic mass is 16.7. The van der Waals surface area contributed by atoms with E-state index < -0.39 is 6.09 Å². The first kappa shape index (κ1) is 15.3. The van der Waals surface area contributed by atoms with Gasteiger partial charge in [-0.25, -0.2) is 4.79 Å². The van der Waals surface area contributed by atoms with E-state index in [-0.39, 0.29) is 0 Å². The molecular weight excluding hydrogens is 290 g/mol. The summed E-state index contributed by atoms with van der Waals surface area (Å²) in [5.41, 5.74) is 6.34. The first-order chi connectivity index (χ1) is 11.2. The molecule has 0 aliphatic heterocycles. The number of carbonyl (C=O) groups is 1. The van der Waals surface area contributed by atoms with E-state index >= 15 is 0 Å². The maximum Gasteiger partial charge on any atom is 0.437 e. The molecule has 0 bridgehead atoms. The lowest BCUT2D eigenvalue weighted by Gasteiger charge is -2.15. The van der Waals surface area contributed by atoms with Crippen LogP contribution in [0.25, 0.3) is 0 Å². The van der Waals surface area contributed by atoms with Gasteiger partial charge < -0.3 is 4.98 Å². The highest BCUT2D eigenvalue weighted by molar-refractivity contribution is 6.04. The number of hydrogen-bond acceptors (Lipinski definition) is 3. The predicted molar refractivity (Wildman–Crippen MR) is 90.9 cm³/mol. The fourth-order valence-corrected chi connectivity index (χ4v) is 3.12. The molecular formula is C18H21N3O2. The number of benzene rings is 1. The molecule has 1 amide bonds. The molecule has 0 unspecified atom stereocenters. The number of hydrogen-bond donors (Lipinski definition) is 2. The number of carbonyl (C=O) groups excluding carboxylic acids is 1. The molecule has 23 heavy (non-hydrogen) atoms. The summed E-state index contributed by atoms with van der Waals surface area (Å²) < 4.78 is 0. The number of fused-ring (bicyclic) bond motifs is 1. The maximum atomic E-state index is 11.9. The number of aromatic amines is 1. The molecule has 3 rings (SSSR count). The number of oxime groups is 1. The summed E-state index contributed by atoms with van der Waals surface area (Å²) in [7, 11) is 0. The third-order valence-corrected chi connectivity index (χ3v) is 4.14. The van der Waals surface area contributed by atoms with Crippen LogP contribution in [-0.2, 0) is 17.7 Å². The van der Waals surface area contributed by atoms with Crippen molar-refractivity contribution in [2.24, 2.45) is 5.16 Å². The molecule has 1 aromatic heterocycles. The minimum absolute atomic E-state index is 0.568. The molecule has 120 valence electrons. The monoisotopic (exact) mass is 311 g/mol. The van der Waals surface area contributed by atoms with Gasteiger partial charge in [0.15, 0.2) is 0 Å². The van der Waals surface area contributed by atoms with Crippen molar-refractivity contribution < 1.29 is 9.63 Å². The zero-order valence-corrected chi connectivity index (χ0v) is 13.5. The van der Waals surface area contributed by atoms with Gasteiger partial charge >= 0.3 is 6.09 Å². The van der Waals surface area contributed by atoms with Crippen LogP contribution < -0.4 is 5.32 Å². The second kappa shape index (κ2) is 6.69. The molecule has 0 spiro atoms. The minimum atomic E-state index is -0.568. The molecule has 1 aliphatic carbocycles. The first-order valence-electron chi connectivity index (χ1n) is 7.99. The molecule has 5 nitrogen and oxygen atoms in total. The van der Waals surface area contributed by atoms with Crippen LogP contribution >= 0.6 is 0 Å². The second-order valence-electron chi connectivity index (χ2n) is 5.70. The molecule has 2 N–H and O–H groups in total. The number of para-hydroxylation sites is 1. The fourth-order valence-electron chi connectivity index (χ4n) is 3.12. The molecule has 0 fully saturated rings. The number of nitrogens with zero attached hydrogens (tertiary/aromatic N) is 1. The van der Waals surface area contributed by atoms with E-state index in [0.29, 0.717) is 5.69 Å². The van der Waals surface area contributed by atoms with E-state index in [1.807, 2.05) is 18.2 Å². The van der Waals surface area contributed by atoms with Crippen LogP contribution in [0.3, 0.4) is 0 Å². The summed E-state index contributed by atoms with van der Waals surface area (Å²) in [4.78, 5) is 20.4. The Kier molecular flexibility index (Phi) is 4.46. The maximum absolute atomic E-state index is 11.9. The van der Waals surface area contributed by atoms with Gasteiger partial charge in [0, 0.05) is 22.6 Å². The molecule has 1 aromatic carbocycles. The average molecular weight is 311 g/mol. The third kappa shape index (κ3) is 3.28. The highest BCUT2D eigenvalue weighted by Crippen LogP contribution is 2.27. The molecule has 1 aliphatic rings. The van der Waals surface area contributed by atoms with Gasteiger partial charge in [0.1, 0.15) is 0 Å². The fraction of sp³-hybridized carbons (Fsp3) is 0.333. The number of rotatable bonds is 3. The topological polar surface area (TPSA) is 66.5 Å². The van der Waals surface area contributed by atoms with Gasteiger partial charge in [0.05, 0.1) is 5.71 Å². The van der Waals surface area contributed by atoms with Crippen molar-refractivity contribution in [3.8, 4) is 0 Å². The smallest absolute Gasteiger partial charge is 0.362 e.